The lowest BCUT2D eigenvalue weighted by molar-refractivity contribution is -0.671. The standard InChI is InChI=1S/C20H28N3O3.BF4/c1-3-10-21-16-18-7-4-5-8-19(18)25-14-6-9-20(24)26-15-13-23-12-11-22(2)17-23;2-1(3,4)5/h4-5,7-8,11-12,16-17H,3,6,9-10,13-15H2,1-2H3;/q+1;-1. The summed E-state index contributed by atoms with van der Waals surface area (Å²) in [5, 5.41) is 0. The highest BCUT2D eigenvalue weighted by Crippen LogP contribution is 2.16. The van der Waals surface area contributed by atoms with Gasteiger partial charge in [0, 0.05) is 24.7 Å². The van der Waals surface area contributed by atoms with Crippen LogP contribution in [0.1, 0.15) is 31.7 Å². The van der Waals surface area contributed by atoms with Crippen molar-refractivity contribution in [1.29, 1.82) is 0 Å². The maximum Gasteiger partial charge on any atom is 0.673 e. The highest BCUT2D eigenvalue weighted by Gasteiger charge is 2.20. The molecule has 1 aromatic heterocycles. The quantitative estimate of drug-likeness (QED) is 0.132. The minimum absolute atomic E-state index is 0.192. The topological polar surface area (TPSA) is 56.7 Å². The van der Waals surface area contributed by atoms with Crippen molar-refractivity contribution in [2.24, 2.45) is 12.0 Å². The molecule has 0 fully saturated rings. The van der Waals surface area contributed by atoms with Crippen LogP contribution >= 0.6 is 0 Å². The van der Waals surface area contributed by atoms with E-state index < -0.39 is 7.25 Å². The molecule has 0 aliphatic rings. The average Bonchev–Trinajstić information content (AvgIpc) is 3.10. The molecule has 0 N–H and O–H groups in total. The summed E-state index contributed by atoms with van der Waals surface area (Å²) in [6.07, 6.45) is 9.68. The summed E-state index contributed by atoms with van der Waals surface area (Å²) in [7, 11) is -4.05. The van der Waals surface area contributed by atoms with Gasteiger partial charge in [-0.3, -0.25) is 9.79 Å². The highest BCUT2D eigenvalue weighted by molar-refractivity contribution is 6.50. The Bertz CT molecular complexity index is 807. The van der Waals surface area contributed by atoms with Gasteiger partial charge in [-0.1, -0.05) is 19.1 Å². The van der Waals surface area contributed by atoms with Gasteiger partial charge >= 0.3 is 13.2 Å². The zero-order chi connectivity index (χ0) is 23.1. The first-order valence-corrected chi connectivity index (χ1v) is 9.94. The van der Waals surface area contributed by atoms with E-state index in [1.165, 1.54) is 0 Å². The van der Waals surface area contributed by atoms with Crippen LogP contribution in [0.4, 0.5) is 17.3 Å². The van der Waals surface area contributed by atoms with Crippen molar-refractivity contribution in [1.82, 2.24) is 4.57 Å². The first-order chi connectivity index (χ1) is 14.7. The van der Waals surface area contributed by atoms with Crippen molar-refractivity contribution in [2.45, 2.75) is 32.7 Å². The lowest BCUT2D eigenvalue weighted by Crippen LogP contribution is -2.24. The molecule has 2 aromatic rings. The van der Waals surface area contributed by atoms with Crippen LogP contribution in [-0.4, -0.2) is 43.8 Å². The van der Waals surface area contributed by atoms with E-state index in [-0.39, 0.29) is 5.97 Å². The molecule has 0 atom stereocenters. The van der Waals surface area contributed by atoms with E-state index in [9.17, 15) is 22.1 Å². The van der Waals surface area contributed by atoms with E-state index in [2.05, 4.69) is 11.9 Å². The molecule has 0 saturated carbocycles. The molecule has 1 heterocycles. The molecule has 172 valence electrons. The van der Waals surface area contributed by atoms with Crippen LogP contribution in [0.15, 0.2) is 48.0 Å². The van der Waals surface area contributed by atoms with Gasteiger partial charge in [0.1, 0.15) is 31.3 Å². The lowest BCUT2D eigenvalue weighted by Gasteiger charge is -2.09. The van der Waals surface area contributed by atoms with Crippen LogP contribution in [0.5, 0.6) is 5.75 Å². The average molecular weight is 445 g/mol. The Morgan fingerprint density at radius 2 is 1.94 bits per heavy atom. The van der Waals surface area contributed by atoms with E-state index in [0.717, 1.165) is 24.3 Å². The molecular formula is C20H28BF4N3O3. The predicted molar refractivity (Wildman–Crippen MR) is 111 cm³/mol. The summed E-state index contributed by atoms with van der Waals surface area (Å²) in [5.74, 6) is 0.601. The minimum Gasteiger partial charge on any atom is -0.493 e. The van der Waals surface area contributed by atoms with E-state index in [4.69, 9.17) is 9.47 Å². The van der Waals surface area contributed by atoms with Crippen molar-refractivity contribution >= 4 is 19.4 Å². The molecule has 0 spiro atoms. The number of rotatable bonds is 11. The Morgan fingerprint density at radius 1 is 1.23 bits per heavy atom. The van der Waals surface area contributed by atoms with Gasteiger partial charge in [-0.2, -0.15) is 0 Å². The zero-order valence-corrected chi connectivity index (χ0v) is 17.7. The summed E-state index contributed by atoms with van der Waals surface area (Å²) >= 11 is 0. The van der Waals surface area contributed by atoms with Crippen LogP contribution in [0.2, 0.25) is 0 Å². The molecule has 6 nitrogen and oxygen atoms in total. The van der Waals surface area contributed by atoms with Crippen molar-refractivity contribution < 1.29 is 36.1 Å². The Balaban J connectivity index is 0.000000861. The fourth-order valence-corrected chi connectivity index (χ4v) is 2.38. The van der Waals surface area contributed by atoms with Crippen LogP contribution in [-0.2, 0) is 23.1 Å². The van der Waals surface area contributed by atoms with E-state index in [1.807, 2.05) is 65.4 Å². The summed E-state index contributed by atoms with van der Waals surface area (Å²) in [5.41, 5.74) is 0.961. The minimum atomic E-state index is -6.00. The molecule has 1 aromatic carbocycles. The van der Waals surface area contributed by atoms with Gasteiger partial charge in [-0.05, 0) is 25.0 Å². The Morgan fingerprint density at radius 3 is 2.58 bits per heavy atom. The first-order valence-electron chi connectivity index (χ1n) is 9.94. The maximum absolute atomic E-state index is 11.8. The SMILES string of the molecule is CCCN=Cc1ccccc1OCCCC(=O)OCCn1cc[n+](C)c1.F[B-](F)(F)F. The number of carbonyl (C=O) groups is 1. The third kappa shape index (κ3) is 13.9. The molecule has 0 aliphatic carbocycles. The Hall–Kier alpha value is -2.85. The molecule has 0 radical (unpaired) electrons. The number of esters is 1. The fourth-order valence-electron chi connectivity index (χ4n) is 2.38. The maximum atomic E-state index is 11.8. The molecular weight excluding hydrogens is 417 g/mol. The second kappa shape index (κ2) is 14.2. The summed E-state index contributed by atoms with van der Waals surface area (Å²) < 4.78 is 54.0. The Labute approximate surface area is 179 Å². The number of imidazole rings is 1. The number of halogens is 4. The number of aryl methyl sites for hydroxylation is 1. The number of benzene rings is 1. The molecule has 11 heteroatoms. The van der Waals surface area contributed by atoms with E-state index >= 15 is 0 Å². The second-order valence-electron chi connectivity index (χ2n) is 6.56. The number of ether oxygens (including phenoxy) is 2. The number of para-hydroxylation sites is 1. The molecule has 0 aliphatic heterocycles. The molecule has 2 rings (SSSR count). The molecule has 0 unspecified atom stereocenters. The number of hydrogen-bond donors (Lipinski definition) is 0. The van der Waals surface area contributed by atoms with E-state index in [1.54, 1.807) is 0 Å². The highest BCUT2D eigenvalue weighted by atomic mass is 19.5. The monoisotopic (exact) mass is 445 g/mol. The van der Waals surface area contributed by atoms with Crippen LogP contribution in [0.25, 0.3) is 0 Å². The summed E-state index contributed by atoms with van der Waals surface area (Å²) in [6.45, 7) is 4.42. The van der Waals surface area contributed by atoms with E-state index in [0.29, 0.717) is 32.6 Å². The predicted octanol–water partition coefficient (Wildman–Crippen LogP) is 3.84. The normalized spacial score (nSPS) is 11.2. The molecule has 0 saturated heterocycles. The van der Waals surface area contributed by atoms with Crippen LogP contribution in [0, 0.1) is 0 Å². The van der Waals surface area contributed by atoms with Gasteiger partial charge < -0.3 is 26.7 Å². The number of nitrogens with zero attached hydrogens (tertiary/aromatic N) is 3. The second-order valence-corrected chi connectivity index (χ2v) is 6.56. The van der Waals surface area contributed by atoms with Gasteiger partial charge in [0.25, 0.3) is 0 Å². The lowest BCUT2D eigenvalue weighted by atomic mass is 10.2. The number of carbonyl (C=O) groups excluding carboxylic acids is 1. The summed E-state index contributed by atoms with van der Waals surface area (Å²) in [4.78, 5) is 16.1. The largest absolute Gasteiger partial charge is 0.673 e. The fraction of sp³-hybridized carbons (Fsp3) is 0.450. The van der Waals surface area contributed by atoms with Gasteiger partial charge in [-0.15, -0.1) is 0 Å². The number of aliphatic imine (C=N–C) groups is 1. The molecule has 31 heavy (non-hydrogen) atoms. The number of aromatic nitrogens is 2. The van der Waals surface area contributed by atoms with Gasteiger partial charge in [0.2, 0.25) is 6.33 Å². The van der Waals surface area contributed by atoms with Gasteiger partial charge in [0.15, 0.2) is 0 Å². The van der Waals surface area contributed by atoms with Crippen molar-refractivity contribution in [3.8, 4) is 5.75 Å². The van der Waals surface area contributed by atoms with Crippen molar-refractivity contribution in [3.63, 3.8) is 0 Å². The van der Waals surface area contributed by atoms with Crippen LogP contribution < -0.4 is 9.30 Å². The third-order valence-corrected chi connectivity index (χ3v) is 3.72. The smallest absolute Gasteiger partial charge is 0.493 e. The molecule has 0 amide bonds. The van der Waals surface area contributed by atoms with Crippen molar-refractivity contribution in [3.05, 3.63) is 48.5 Å². The summed E-state index contributed by atoms with van der Waals surface area (Å²) in [6, 6.07) is 7.79. The zero-order valence-electron chi connectivity index (χ0n) is 17.7. The van der Waals surface area contributed by atoms with Gasteiger partial charge in [-0.25, -0.2) is 9.13 Å². The first kappa shape index (κ1) is 26.2. The molecule has 0 bridgehead atoms. The van der Waals surface area contributed by atoms with Crippen LogP contribution in [0.3, 0.4) is 0 Å². The number of hydrogen-bond acceptors (Lipinski definition) is 4. The van der Waals surface area contributed by atoms with Gasteiger partial charge in [0.05, 0.1) is 13.7 Å². The van der Waals surface area contributed by atoms with Crippen molar-refractivity contribution in [2.75, 3.05) is 19.8 Å². The Kier molecular flexibility index (Phi) is 12.0. The third-order valence-electron chi connectivity index (χ3n) is 3.72.